The maximum absolute atomic E-state index is 9.75. The predicted octanol–water partition coefficient (Wildman–Crippen LogP) is 7.51. The van der Waals surface area contributed by atoms with Crippen LogP contribution in [0.3, 0.4) is 0 Å². The fourth-order valence-corrected chi connectivity index (χ4v) is 5.78. The zero-order valence-electron chi connectivity index (χ0n) is 22.7. The number of nitrogens with zero attached hydrogens (tertiary/aromatic N) is 2. The van der Waals surface area contributed by atoms with Crippen LogP contribution in [0, 0.1) is 0 Å². The molecule has 1 aliphatic rings. The van der Waals surface area contributed by atoms with Gasteiger partial charge in [0.1, 0.15) is 18.0 Å². The van der Waals surface area contributed by atoms with Crippen LogP contribution in [0.15, 0.2) is 72.8 Å². The number of rotatable bonds is 6. The molecule has 40 heavy (non-hydrogen) atoms. The fourth-order valence-electron chi connectivity index (χ4n) is 5.78. The second-order valence-corrected chi connectivity index (χ2v) is 9.31. The third-order valence-electron chi connectivity index (χ3n) is 7.25. The van der Waals surface area contributed by atoms with Gasteiger partial charge in [0, 0.05) is 51.1 Å². The first-order valence-electron chi connectivity index (χ1n) is 13.1. The van der Waals surface area contributed by atoms with Crippen LogP contribution in [0.5, 0.6) is 11.5 Å². The number of aromatic nitrogens is 1. The van der Waals surface area contributed by atoms with E-state index >= 15 is 0 Å². The molecule has 0 amide bonds. The molecule has 0 saturated heterocycles. The Morgan fingerprint density at radius 2 is 1.40 bits per heavy atom. The Hall–Kier alpha value is -4.27. The zero-order valence-corrected chi connectivity index (χ0v) is 22.7. The van der Waals surface area contributed by atoms with Gasteiger partial charge in [-0.2, -0.15) is 4.58 Å². The molecule has 0 fully saturated rings. The second kappa shape index (κ2) is 10.7. The van der Waals surface area contributed by atoms with Crippen LogP contribution < -0.4 is 14.8 Å². The second-order valence-electron chi connectivity index (χ2n) is 9.31. The van der Waals surface area contributed by atoms with Crippen molar-refractivity contribution in [1.29, 1.82) is 0 Å². The molecule has 6 rings (SSSR count). The average Bonchev–Trinajstić information content (AvgIpc) is 3.42. The quantitative estimate of drug-likeness (QED) is 0.125. The molecule has 0 atom stereocenters. The lowest BCUT2D eigenvalue weighted by Crippen LogP contribution is -2.15. The van der Waals surface area contributed by atoms with Crippen molar-refractivity contribution >= 4 is 57.2 Å². The lowest BCUT2D eigenvalue weighted by Gasteiger charge is -2.06. The summed E-state index contributed by atoms with van der Waals surface area (Å²) in [6, 6.07) is 21.5. The van der Waals surface area contributed by atoms with Crippen molar-refractivity contribution in [2.45, 2.75) is 20.4 Å². The number of aryl methyl sites for hydroxylation is 1. The van der Waals surface area contributed by atoms with Crippen molar-refractivity contribution in [2.24, 2.45) is 0 Å². The van der Waals surface area contributed by atoms with Crippen LogP contribution in [-0.2, 0) is 6.54 Å². The molecular formula is C31H29BF4N2O2. The summed E-state index contributed by atoms with van der Waals surface area (Å²) in [4.78, 5) is 0. The molecule has 9 heteroatoms. The number of ether oxygens (including phenoxy) is 2. The van der Waals surface area contributed by atoms with Crippen molar-refractivity contribution in [1.82, 2.24) is 4.57 Å². The van der Waals surface area contributed by atoms with Crippen molar-refractivity contribution in [2.75, 3.05) is 20.8 Å². The van der Waals surface area contributed by atoms with E-state index in [1.165, 1.54) is 44.0 Å². The summed E-state index contributed by atoms with van der Waals surface area (Å²) in [5.74, 6) is 1.83. The molecule has 0 radical (unpaired) electrons. The molecule has 4 aromatic carbocycles. The van der Waals surface area contributed by atoms with E-state index in [2.05, 4.69) is 102 Å². The number of methoxy groups -OCH3 is 2. The highest BCUT2D eigenvalue weighted by Crippen LogP contribution is 2.40. The van der Waals surface area contributed by atoms with Crippen LogP contribution in [0.25, 0.3) is 38.5 Å². The molecular weight excluding hydrogens is 519 g/mol. The number of allylic oxidation sites excluding steroid dienone is 2. The first-order valence-corrected chi connectivity index (χ1v) is 13.1. The van der Waals surface area contributed by atoms with E-state index in [0.29, 0.717) is 0 Å². The molecule has 2 heterocycles. The van der Waals surface area contributed by atoms with Crippen LogP contribution in [0.4, 0.5) is 23.0 Å². The van der Waals surface area contributed by atoms with Gasteiger partial charge < -0.3 is 31.3 Å². The summed E-state index contributed by atoms with van der Waals surface area (Å²) in [5, 5.41) is 7.32. The van der Waals surface area contributed by atoms with Crippen LogP contribution in [0.2, 0.25) is 0 Å². The first kappa shape index (κ1) is 27.3. The molecule has 0 N–H and O–H groups in total. The lowest BCUT2D eigenvalue weighted by atomic mass is 10.0. The smallest absolute Gasteiger partial charge is 0.496 e. The molecule has 4 nitrogen and oxygen atoms in total. The Labute approximate surface area is 229 Å². The van der Waals surface area contributed by atoms with Gasteiger partial charge in [0.15, 0.2) is 0 Å². The van der Waals surface area contributed by atoms with Crippen molar-refractivity contribution in [3.63, 3.8) is 0 Å². The largest absolute Gasteiger partial charge is 0.673 e. The third kappa shape index (κ3) is 4.70. The Morgan fingerprint density at radius 1 is 0.800 bits per heavy atom. The highest BCUT2D eigenvalue weighted by Gasteiger charge is 2.30. The van der Waals surface area contributed by atoms with Gasteiger partial charge in [-0.15, -0.1) is 0 Å². The van der Waals surface area contributed by atoms with Crippen LogP contribution in [0.1, 0.15) is 19.4 Å². The van der Waals surface area contributed by atoms with Crippen LogP contribution >= 0.6 is 0 Å². The summed E-state index contributed by atoms with van der Waals surface area (Å²) in [6.07, 6.45) is 6.68. The van der Waals surface area contributed by atoms with E-state index < -0.39 is 7.25 Å². The summed E-state index contributed by atoms with van der Waals surface area (Å²) >= 11 is 0. The van der Waals surface area contributed by atoms with Gasteiger partial charge in [-0.3, -0.25) is 0 Å². The van der Waals surface area contributed by atoms with E-state index in [0.717, 1.165) is 35.4 Å². The molecule has 1 aromatic heterocycles. The highest BCUT2D eigenvalue weighted by molar-refractivity contribution is 6.50. The molecule has 0 unspecified atom stereocenters. The van der Waals surface area contributed by atoms with Crippen LogP contribution in [-0.4, -0.2) is 42.9 Å². The monoisotopic (exact) mass is 548 g/mol. The molecule has 0 bridgehead atoms. The van der Waals surface area contributed by atoms with Gasteiger partial charge in [-0.25, -0.2) is 0 Å². The highest BCUT2D eigenvalue weighted by atomic mass is 19.5. The third-order valence-corrected chi connectivity index (χ3v) is 7.25. The number of hydrogen-bond acceptors (Lipinski definition) is 2. The van der Waals surface area contributed by atoms with Gasteiger partial charge in [-0.1, -0.05) is 36.4 Å². The molecule has 1 aliphatic heterocycles. The predicted molar refractivity (Wildman–Crippen MR) is 156 cm³/mol. The standard InChI is InChI=1S/C31H29N2O2.BF4/c1-5-32-24(20-10-7-12-22-28(34-3)18-16-26(32)30(20)22)14-9-15-25-21-11-8-13-23-29(35-4)19-17-27(31(21)23)33(25)6-2;2-1(3,4)5/h7-19H,5-6H2,1-4H3;/q+1;-1. The Kier molecular flexibility index (Phi) is 7.32. The van der Waals surface area contributed by atoms with Gasteiger partial charge in [-0.05, 0) is 44.2 Å². The number of halogens is 4. The van der Waals surface area contributed by atoms with Gasteiger partial charge in [0.05, 0.1) is 25.2 Å². The normalized spacial score (nSPS) is 13.7. The van der Waals surface area contributed by atoms with Gasteiger partial charge in [0.2, 0.25) is 11.4 Å². The number of hydrogen-bond donors (Lipinski definition) is 0. The minimum atomic E-state index is -6.00. The number of benzene rings is 4. The summed E-state index contributed by atoms with van der Waals surface area (Å²) in [5.41, 5.74) is 4.96. The Morgan fingerprint density at radius 3 is 2.02 bits per heavy atom. The van der Waals surface area contributed by atoms with E-state index in [1.54, 1.807) is 14.2 Å². The molecule has 0 aliphatic carbocycles. The SMILES string of the molecule is CCn1/c(=C\C=C/C2=[N+](CC)c3ccc(OC)c4cccc2c34)c2cccc3c(OC)ccc1c32.F[B-](F)(F)F. The summed E-state index contributed by atoms with van der Waals surface area (Å²) in [7, 11) is -2.52. The van der Waals surface area contributed by atoms with Crippen molar-refractivity contribution in [3.05, 3.63) is 83.7 Å². The summed E-state index contributed by atoms with van der Waals surface area (Å²) < 4.78 is 55.1. The lowest BCUT2D eigenvalue weighted by molar-refractivity contribution is -0.430. The fraction of sp³-hybridized carbons (Fsp3) is 0.194. The van der Waals surface area contributed by atoms with E-state index in [4.69, 9.17) is 9.47 Å². The maximum atomic E-state index is 9.75. The topological polar surface area (TPSA) is 26.4 Å². The summed E-state index contributed by atoms with van der Waals surface area (Å²) in [6.45, 7) is 6.21. The molecule has 0 spiro atoms. The molecule has 5 aromatic rings. The van der Waals surface area contributed by atoms with Gasteiger partial charge in [0.25, 0.3) is 0 Å². The maximum Gasteiger partial charge on any atom is 0.673 e. The Bertz CT molecular complexity index is 1850. The molecule has 206 valence electrons. The molecule has 0 saturated carbocycles. The van der Waals surface area contributed by atoms with Crippen molar-refractivity contribution in [3.8, 4) is 11.5 Å². The minimum Gasteiger partial charge on any atom is -0.496 e. The zero-order chi connectivity index (χ0) is 28.6. The van der Waals surface area contributed by atoms with Gasteiger partial charge >= 0.3 is 7.25 Å². The van der Waals surface area contributed by atoms with E-state index in [1.807, 2.05) is 0 Å². The van der Waals surface area contributed by atoms with E-state index in [9.17, 15) is 17.3 Å². The first-order chi connectivity index (χ1) is 19.2. The average molecular weight is 548 g/mol. The van der Waals surface area contributed by atoms with E-state index in [-0.39, 0.29) is 0 Å². The van der Waals surface area contributed by atoms with Crippen molar-refractivity contribution < 1.29 is 31.3 Å². The minimum absolute atomic E-state index is 0.901. The Balaban J connectivity index is 0.000000595.